The maximum Gasteiger partial charge on any atom is 0.200 e. The van der Waals surface area contributed by atoms with Gasteiger partial charge in [-0.1, -0.05) is 47.6 Å². The van der Waals surface area contributed by atoms with Crippen LogP contribution in [-0.4, -0.2) is 6.61 Å². The van der Waals surface area contributed by atoms with Crippen LogP contribution >= 0.6 is 0 Å². The van der Waals surface area contributed by atoms with Crippen molar-refractivity contribution >= 4 is 11.0 Å². The Kier molecular flexibility index (Phi) is 6.71. The molecule has 2 aromatic carbocycles. The van der Waals surface area contributed by atoms with Crippen LogP contribution in [0.1, 0.15) is 39.4 Å². The smallest absolute Gasteiger partial charge is 0.200 e. The van der Waals surface area contributed by atoms with E-state index in [1.807, 2.05) is 43.3 Å². The Morgan fingerprint density at radius 1 is 1.03 bits per heavy atom. The van der Waals surface area contributed by atoms with E-state index >= 15 is 0 Å². The summed E-state index contributed by atoms with van der Waals surface area (Å²) in [5.74, 6) is 1.31. The second-order valence-corrected chi connectivity index (χ2v) is 7.57. The van der Waals surface area contributed by atoms with Crippen molar-refractivity contribution < 1.29 is 9.15 Å². The molecule has 0 aliphatic heterocycles. The molecule has 0 atom stereocenters. The molecule has 0 aliphatic carbocycles. The van der Waals surface area contributed by atoms with Crippen molar-refractivity contribution in [1.29, 1.82) is 0 Å². The van der Waals surface area contributed by atoms with Crippen molar-refractivity contribution in [3.63, 3.8) is 0 Å². The van der Waals surface area contributed by atoms with Crippen LogP contribution in [0.2, 0.25) is 0 Å². The molecular weight excluding hydrogens is 360 g/mol. The number of hydrogen-bond donors (Lipinski definition) is 0. The maximum absolute atomic E-state index is 13.0. The van der Waals surface area contributed by atoms with Gasteiger partial charge in [-0.2, -0.15) is 0 Å². The Labute approximate surface area is 172 Å². The summed E-state index contributed by atoms with van der Waals surface area (Å²) in [5, 5.41) is 0.565. The van der Waals surface area contributed by atoms with E-state index in [4.69, 9.17) is 9.15 Å². The molecule has 1 heterocycles. The van der Waals surface area contributed by atoms with Crippen molar-refractivity contribution in [2.45, 2.75) is 40.5 Å². The third kappa shape index (κ3) is 5.26. The molecule has 3 aromatic rings. The first-order valence-electron chi connectivity index (χ1n) is 10.0. The molecule has 0 radical (unpaired) electrons. The van der Waals surface area contributed by atoms with Gasteiger partial charge in [0.1, 0.15) is 23.7 Å². The number of rotatable bonds is 7. The van der Waals surface area contributed by atoms with Gasteiger partial charge in [0.25, 0.3) is 0 Å². The van der Waals surface area contributed by atoms with E-state index < -0.39 is 0 Å². The molecule has 0 aliphatic rings. The van der Waals surface area contributed by atoms with Gasteiger partial charge in [-0.3, -0.25) is 4.79 Å². The molecule has 29 heavy (non-hydrogen) atoms. The van der Waals surface area contributed by atoms with E-state index in [1.54, 1.807) is 12.1 Å². The van der Waals surface area contributed by atoms with Crippen molar-refractivity contribution in [2.75, 3.05) is 6.61 Å². The summed E-state index contributed by atoms with van der Waals surface area (Å²) >= 11 is 0. The Balaban J connectivity index is 1.77. The standard InChI is InChI=1S/C26H28O3/c1-18(2)9-8-10-19(3)15-16-28-22-13-14-23-24(17-22)29-20(4)25(26(23)27)21-11-6-5-7-12-21/h5-7,9,11-15,17H,8,10,16H2,1-4H3/b19-15-. The van der Waals surface area contributed by atoms with Crippen LogP contribution in [0.25, 0.3) is 22.1 Å². The lowest BCUT2D eigenvalue weighted by molar-refractivity contribution is 0.361. The zero-order chi connectivity index (χ0) is 20.8. The van der Waals surface area contributed by atoms with Gasteiger partial charge < -0.3 is 9.15 Å². The second-order valence-electron chi connectivity index (χ2n) is 7.57. The lowest BCUT2D eigenvalue weighted by Gasteiger charge is -2.09. The second kappa shape index (κ2) is 9.42. The Hall–Kier alpha value is -3.07. The third-order valence-electron chi connectivity index (χ3n) is 4.88. The zero-order valence-electron chi connectivity index (χ0n) is 17.6. The first-order valence-corrected chi connectivity index (χ1v) is 10.0. The van der Waals surface area contributed by atoms with Crippen LogP contribution in [0, 0.1) is 6.92 Å². The SMILES string of the molecule is CC(C)=CCC/C(C)=C\COc1ccc2c(=O)c(-c3ccccc3)c(C)oc2c1. The number of aryl methyl sites for hydroxylation is 1. The normalized spacial score (nSPS) is 11.5. The van der Waals surface area contributed by atoms with Gasteiger partial charge in [-0.15, -0.1) is 0 Å². The molecule has 0 fully saturated rings. The summed E-state index contributed by atoms with van der Waals surface area (Å²) in [7, 11) is 0. The molecule has 1 aromatic heterocycles. The van der Waals surface area contributed by atoms with E-state index in [-0.39, 0.29) is 5.43 Å². The average molecular weight is 389 g/mol. The topological polar surface area (TPSA) is 39.4 Å². The minimum Gasteiger partial charge on any atom is -0.489 e. The Bertz CT molecular complexity index is 1100. The molecule has 0 unspecified atom stereocenters. The van der Waals surface area contributed by atoms with Crippen molar-refractivity contribution in [2.24, 2.45) is 0 Å². The monoisotopic (exact) mass is 388 g/mol. The van der Waals surface area contributed by atoms with Gasteiger partial charge in [0.15, 0.2) is 0 Å². The Morgan fingerprint density at radius 3 is 2.52 bits per heavy atom. The lowest BCUT2D eigenvalue weighted by Crippen LogP contribution is -2.07. The summed E-state index contributed by atoms with van der Waals surface area (Å²) < 4.78 is 11.8. The number of fused-ring (bicyclic) bond motifs is 1. The van der Waals surface area contributed by atoms with Crippen LogP contribution in [-0.2, 0) is 0 Å². The predicted octanol–water partition coefficient (Wildman–Crippen LogP) is 6.84. The van der Waals surface area contributed by atoms with E-state index in [0.717, 1.165) is 18.4 Å². The van der Waals surface area contributed by atoms with Crippen molar-refractivity contribution in [1.82, 2.24) is 0 Å². The highest BCUT2D eigenvalue weighted by molar-refractivity contribution is 5.83. The van der Waals surface area contributed by atoms with Gasteiger partial charge in [0, 0.05) is 6.07 Å². The summed E-state index contributed by atoms with van der Waals surface area (Å²) in [6.07, 6.45) is 6.43. The van der Waals surface area contributed by atoms with E-state index in [9.17, 15) is 4.79 Å². The summed E-state index contributed by atoms with van der Waals surface area (Å²) in [5.41, 5.74) is 4.66. The van der Waals surface area contributed by atoms with Crippen LogP contribution in [0.15, 0.2) is 81.0 Å². The fourth-order valence-electron chi connectivity index (χ4n) is 3.28. The fraction of sp³-hybridized carbons (Fsp3) is 0.269. The van der Waals surface area contributed by atoms with Gasteiger partial charge in [-0.25, -0.2) is 0 Å². The minimum absolute atomic E-state index is 0.0171. The molecule has 0 saturated heterocycles. The van der Waals surface area contributed by atoms with E-state index in [2.05, 4.69) is 32.9 Å². The van der Waals surface area contributed by atoms with Crippen LogP contribution in [0.4, 0.5) is 0 Å². The summed E-state index contributed by atoms with van der Waals surface area (Å²) in [6.45, 7) is 8.68. The first-order chi connectivity index (χ1) is 14.0. The number of allylic oxidation sites excluding steroid dienone is 3. The maximum atomic E-state index is 13.0. The molecule has 3 rings (SSSR count). The van der Waals surface area contributed by atoms with Crippen LogP contribution in [0.5, 0.6) is 5.75 Å². The summed E-state index contributed by atoms with van der Waals surface area (Å²) in [6, 6.07) is 15.0. The molecular formula is C26H28O3. The molecule has 0 amide bonds. The van der Waals surface area contributed by atoms with Gasteiger partial charge in [-0.05, 0) is 64.3 Å². The fourth-order valence-corrected chi connectivity index (χ4v) is 3.28. The lowest BCUT2D eigenvalue weighted by atomic mass is 10.0. The molecule has 150 valence electrons. The predicted molar refractivity (Wildman–Crippen MR) is 121 cm³/mol. The molecule has 0 saturated carbocycles. The number of ether oxygens (including phenoxy) is 1. The van der Waals surface area contributed by atoms with Crippen LogP contribution < -0.4 is 10.2 Å². The highest BCUT2D eigenvalue weighted by atomic mass is 16.5. The third-order valence-corrected chi connectivity index (χ3v) is 4.88. The van der Waals surface area contributed by atoms with E-state index in [1.165, 1.54) is 11.1 Å². The zero-order valence-corrected chi connectivity index (χ0v) is 17.6. The van der Waals surface area contributed by atoms with Gasteiger partial charge >= 0.3 is 0 Å². The molecule has 0 N–H and O–H groups in total. The van der Waals surface area contributed by atoms with E-state index in [0.29, 0.717) is 34.6 Å². The average Bonchev–Trinajstić information content (AvgIpc) is 2.68. The largest absolute Gasteiger partial charge is 0.489 e. The number of hydrogen-bond acceptors (Lipinski definition) is 3. The quantitative estimate of drug-likeness (QED) is 0.416. The molecule has 3 heteroatoms. The summed E-state index contributed by atoms with van der Waals surface area (Å²) in [4.78, 5) is 13.0. The van der Waals surface area contributed by atoms with Crippen molar-refractivity contribution in [3.8, 4) is 16.9 Å². The highest BCUT2D eigenvalue weighted by Crippen LogP contribution is 2.26. The van der Waals surface area contributed by atoms with Crippen LogP contribution in [0.3, 0.4) is 0 Å². The van der Waals surface area contributed by atoms with Crippen molar-refractivity contribution in [3.05, 3.63) is 87.8 Å². The number of benzene rings is 2. The van der Waals surface area contributed by atoms with Gasteiger partial charge in [0.2, 0.25) is 5.43 Å². The van der Waals surface area contributed by atoms with Gasteiger partial charge in [0.05, 0.1) is 10.9 Å². The molecule has 3 nitrogen and oxygen atoms in total. The Morgan fingerprint density at radius 2 is 1.79 bits per heavy atom. The molecule has 0 spiro atoms. The first kappa shape index (κ1) is 20.7. The highest BCUT2D eigenvalue weighted by Gasteiger charge is 2.13. The minimum atomic E-state index is -0.0171. The molecule has 0 bridgehead atoms.